The second-order valence-electron chi connectivity index (χ2n) is 8.47. The zero-order chi connectivity index (χ0) is 21.4. The number of esters is 1. The number of rotatable bonds is 22. The standard InChI is InChI=1S/C26H51NO2/c1-4-6-7-8-9-10-11-12-13-14-15-16-17-18-19-20-21-22-25(3)26(28)29-24-23-27-5-2/h22,27H,4-21,23-24H2,1-3H3. The summed E-state index contributed by atoms with van der Waals surface area (Å²) in [5, 5.41) is 3.15. The Hall–Kier alpha value is -0.830. The molecule has 0 aromatic carbocycles. The topological polar surface area (TPSA) is 38.3 Å². The molecule has 0 radical (unpaired) electrons. The first kappa shape index (κ1) is 28.2. The minimum absolute atomic E-state index is 0.167. The van der Waals surface area contributed by atoms with E-state index in [1.807, 2.05) is 19.9 Å². The van der Waals surface area contributed by atoms with Crippen LogP contribution < -0.4 is 5.32 Å². The number of allylic oxidation sites excluding steroid dienone is 1. The molecular weight excluding hydrogens is 358 g/mol. The molecule has 29 heavy (non-hydrogen) atoms. The lowest BCUT2D eigenvalue weighted by molar-refractivity contribution is -0.138. The summed E-state index contributed by atoms with van der Waals surface area (Å²) in [7, 11) is 0. The normalized spacial score (nSPS) is 11.8. The lowest BCUT2D eigenvalue weighted by atomic mass is 10.0. The van der Waals surface area contributed by atoms with E-state index >= 15 is 0 Å². The molecule has 0 spiro atoms. The molecule has 0 bridgehead atoms. The molecule has 0 rings (SSSR count). The summed E-state index contributed by atoms with van der Waals surface area (Å²) in [5.41, 5.74) is 0.752. The zero-order valence-electron chi connectivity index (χ0n) is 20.0. The third kappa shape index (κ3) is 21.7. The van der Waals surface area contributed by atoms with Gasteiger partial charge < -0.3 is 10.1 Å². The van der Waals surface area contributed by atoms with E-state index in [1.54, 1.807) is 0 Å². The van der Waals surface area contributed by atoms with E-state index in [2.05, 4.69) is 12.2 Å². The number of carbonyl (C=O) groups excluding carboxylic acids is 1. The molecule has 0 aliphatic heterocycles. The van der Waals surface area contributed by atoms with Gasteiger partial charge in [-0.2, -0.15) is 0 Å². The van der Waals surface area contributed by atoms with Gasteiger partial charge in [0.1, 0.15) is 6.61 Å². The molecule has 0 aromatic rings. The molecular formula is C26H51NO2. The van der Waals surface area contributed by atoms with Crippen molar-refractivity contribution in [2.45, 2.75) is 130 Å². The van der Waals surface area contributed by atoms with Crippen molar-refractivity contribution in [3.63, 3.8) is 0 Å². The largest absolute Gasteiger partial charge is 0.461 e. The first-order valence-electron chi connectivity index (χ1n) is 12.8. The second kappa shape index (κ2) is 23.4. The van der Waals surface area contributed by atoms with Crippen LogP contribution in [0.2, 0.25) is 0 Å². The van der Waals surface area contributed by atoms with Gasteiger partial charge in [-0.05, 0) is 26.3 Å². The van der Waals surface area contributed by atoms with Gasteiger partial charge in [0.15, 0.2) is 0 Å². The van der Waals surface area contributed by atoms with Crippen LogP contribution in [0.15, 0.2) is 11.6 Å². The maximum absolute atomic E-state index is 11.8. The summed E-state index contributed by atoms with van der Waals surface area (Å²) in [6.45, 7) is 8.29. The molecule has 172 valence electrons. The highest BCUT2D eigenvalue weighted by Gasteiger charge is 2.04. The van der Waals surface area contributed by atoms with Crippen LogP contribution >= 0.6 is 0 Å². The summed E-state index contributed by atoms with van der Waals surface area (Å²) in [6, 6.07) is 0. The molecule has 0 amide bonds. The molecule has 1 N–H and O–H groups in total. The van der Waals surface area contributed by atoms with Crippen molar-refractivity contribution in [3.8, 4) is 0 Å². The first-order valence-corrected chi connectivity index (χ1v) is 12.8. The smallest absolute Gasteiger partial charge is 0.333 e. The Kier molecular flexibility index (Phi) is 22.8. The van der Waals surface area contributed by atoms with Crippen LogP contribution in [0.3, 0.4) is 0 Å². The summed E-state index contributed by atoms with van der Waals surface area (Å²) in [6.07, 6.45) is 25.3. The molecule has 0 aliphatic rings. The SMILES string of the molecule is CCCCCCCCCCCCCCCCCCC=C(C)C(=O)OCCNCC. The van der Waals surface area contributed by atoms with Crippen LogP contribution in [0.25, 0.3) is 0 Å². The molecule has 0 fully saturated rings. The fourth-order valence-corrected chi connectivity index (χ4v) is 3.60. The molecule has 0 saturated carbocycles. The second-order valence-corrected chi connectivity index (χ2v) is 8.47. The van der Waals surface area contributed by atoms with Crippen molar-refractivity contribution < 1.29 is 9.53 Å². The van der Waals surface area contributed by atoms with Crippen LogP contribution in [-0.2, 0) is 9.53 Å². The summed E-state index contributed by atoms with van der Waals surface area (Å²) in [5.74, 6) is -0.167. The first-order chi connectivity index (χ1) is 14.2. The van der Waals surface area contributed by atoms with Gasteiger partial charge in [-0.3, -0.25) is 0 Å². The highest BCUT2D eigenvalue weighted by atomic mass is 16.5. The van der Waals surface area contributed by atoms with Gasteiger partial charge >= 0.3 is 5.97 Å². The Morgan fingerprint density at radius 2 is 1.17 bits per heavy atom. The van der Waals surface area contributed by atoms with Gasteiger partial charge in [0, 0.05) is 12.1 Å². The van der Waals surface area contributed by atoms with Crippen LogP contribution in [-0.4, -0.2) is 25.7 Å². The summed E-state index contributed by atoms with van der Waals surface area (Å²) >= 11 is 0. The van der Waals surface area contributed by atoms with E-state index in [0.29, 0.717) is 6.61 Å². The van der Waals surface area contributed by atoms with Gasteiger partial charge in [0.25, 0.3) is 0 Å². The fraction of sp³-hybridized carbons (Fsp3) is 0.885. The molecule has 0 aliphatic carbocycles. The minimum atomic E-state index is -0.167. The predicted molar refractivity (Wildman–Crippen MR) is 127 cm³/mol. The van der Waals surface area contributed by atoms with E-state index in [-0.39, 0.29) is 5.97 Å². The van der Waals surface area contributed by atoms with Crippen molar-refractivity contribution in [2.24, 2.45) is 0 Å². The Morgan fingerprint density at radius 1 is 0.724 bits per heavy atom. The van der Waals surface area contributed by atoms with Crippen molar-refractivity contribution >= 4 is 5.97 Å². The monoisotopic (exact) mass is 409 g/mol. The number of unbranched alkanes of at least 4 members (excludes halogenated alkanes) is 16. The predicted octanol–water partition coefficient (Wildman–Crippen LogP) is 7.74. The van der Waals surface area contributed by atoms with Crippen molar-refractivity contribution in [1.82, 2.24) is 5.32 Å². The lowest BCUT2D eigenvalue weighted by Crippen LogP contribution is -2.21. The Balaban J connectivity index is 3.29. The molecule has 0 unspecified atom stereocenters. The highest BCUT2D eigenvalue weighted by molar-refractivity contribution is 5.87. The van der Waals surface area contributed by atoms with E-state index in [4.69, 9.17) is 4.74 Å². The molecule has 0 saturated heterocycles. The molecule has 0 aromatic heterocycles. The van der Waals surface area contributed by atoms with Crippen molar-refractivity contribution in [3.05, 3.63) is 11.6 Å². The van der Waals surface area contributed by atoms with Gasteiger partial charge in [0.05, 0.1) is 0 Å². The maximum Gasteiger partial charge on any atom is 0.333 e. The molecule has 0 heterocycles. The Morgan fingerprint density at radius 3 is 1.62 bits per heavy atom. The third-order valence-electron chi connectivity index (χ3n) is 5.59. The van der Waals surface area contributed by atoms with Crippen molar-refractivity contribution in [1.29, 1.82) is 0 Å². The summed E-state index contributed by atoms with van der Waals surface area (Å²) < 4.78 is 5.22. The number of likely N-dealkylation sites (N-methyl/N-ethyl adjacent to an activating group) is 1. The van der Waals surface area contributed by atoms with Gasteiger partial charge in [0.2, 0.25) is 0 Å². The third-order valence-corrected chi connectivity index (χ3v) is 5.59. The van der Waals surface area contributed by atoms with Crippen LogP contribution in [0.5, 0.6) is 0 Å². The molecule has 3 heteroatoms. The maximum atomic E-state index is 11.8. The van der Waals surface area contributed by atoms with Gasteiger partial charge in [-0.15, -0.1) is 0 Å². The number of nitrogens with one attached hydrogen (secondary N) is 1. The van der Waals surface area contributed by atoms with E-state index < -0.39 is 0 Å². The van der Waals surface area contributed by atoms with E-state index in [1.165, 1.54) is 103 Å². The number of carbonyl (C=O) groups is 1. The molecule has 3 nitrogen and oxygen atoms in total. The number of hydrogen-bond donors (Lipinski definition) is 1. The Labute approximate surface area is 182 Å². The average molecular weight is 410 g/mol. The minimum Gasteiger partial charge on any atom is -0.461 e. The van der Waals surface area contributed by atoms with Gasteiger partial charge in [-0.1, -0.05) is 116 Å². The van der Waals surface area contributed by atoms with E-state index in [9.17, 15) is 4.79 Å². The zero-order valence-corrected chi connectivity index (χ0v) is 20.0. The summed E-state index contributed by atoms with van der Waals surface area (Å²) in [4.78, 5) is 11.8. The molecule has 0 atom stereocenters. The van der Waals surface area contributed by atoms with Crippen molar-refractivity contribution in [2.75, 3.05) is 19.7 Å². The van der Waals surface area contributed by atoms with Crippen LogP contribution in [0.1, 0.15) is 130 Å². The lowest BCUT2D eigenvalue weighted by Gasteiger charge is -2.05. The Bertz CT molecular complexity index is 379. The highest BCUT2D eigenvalue weighted by Crippen LogP contribution is 2.14. The van der Waals surface area contributed by atoms with Crippen LogP contribution in [0.4, 0.5) is 0 Å². The quantitative estimate of drug-likeness (QED) is 0.113. The number of hydrogen-bond acceptors (Lipinski definition) is 3. The average Bonchev–Trinajstić information content (AvgIpc) is 2.73. The van der Waals surface area contributed by atoms with Crippen LogP contribution in [0, 0.1) is 0 Å². The number of ether oxygens (including phenoxy) is 1. The fourth-order valence-electron chi connectivity index (χ4n) is 3.60. The van der Waals surface area contributed by atoms with E-state index in [0.717, 1.165) is 25.1 Å². The van der Waals surface area contributed by atoms with Gasteiger partial charge in [-0.25, -0.2) is 4.79 Å².